The van der Waals surface area contributed by atoms with Crippen molar-refractivity contribution in [1.82, 2.24) is 15.1 Å². The molecule has 3 heterocycles. The highest BCUT2D eigenvalue weighted by Crippen LogP contribution is 2.32. The van der Waals surface area contributed by atoms with Crippen LogP contribution in [0.25, 0.3) is 11.1 Å². The van der Waals surface area contributed by atoms with E-state index in [1.807, 2.05) is 0 Å². The lowest BCUT2D eigenvalue weighted by molar-refractivity contribution is -0.137. The monoisotopic (exact) mass is 456 g/mol. The molecule has 3 amide bonds. The number of nitrogens with one attached hydrogen (secondary N) is 2. The summed E-state index contributed by atoms with van der Waals surface area (Å²) >= 11 is 5.85. The highest BCUT2D eigenvalue weighted by molar-refractivity contribution is 6.30. The van der Waals surface area contributed by atoms with Crippen LogP contribution in [0.2, 0.25) is 5.02 Å². The van der Waals surface area contributed by atoms with Gasteiger partial charge in [0, 0.05) is 23.7 Å². The molecule has 0 radical (unpaired) electrons. The molecule has 0 aliphatic carbocycles. The summed E-state index contributed by atoms with van der Waals surface area (Å²) in [4.78, 5) is 42.3. The van der Waals surface area contributed by atoms with Gasteiger partial charge in [0.1, 0.15) is 11.9 Å². The Morgan fingerprint density at radius 1 is 1.09 bits per heavy atom. The Morgan fingerprint density at radius 3 is 2.69 bits per heavy atom. The van der Waals surface area contributed by atoms with Crippen molar-refractivity contribution in [3.8, 4) is 11.1 Å². The highest BCUT2D eigenvalue weighted by atomic mass is 35.5. The number of benzene rings is 2. The molecule has 2 unspecified atom stereocenters. The standard InChI is InChI=1S/C23H22ClFN4O3/c24-14-4-5-15(17(25)11-14)13-3-6-18-16(10-13)22(31)29-9-8-28(12-20(29)21(30)27-18)23(32)19-2-1-7-26-19/h3-6,10-11,19-20,26H,1-2,7-9,12H2,(H,27,30). The number of halogens is 2. The predicted octanol–water partition coefficient (Wildman–Crippen LogP) is 2.50. The van der Waals surface area contributed by atoms with Crippen molar-refractivity contribution < 1.29 is 18.8 Å². The summed E-state index contributed by atoms with van der Waals surface area (Å²) in [6, 6.07) is 8.22. The molecule has 0 spiro atoms. The number of hydrogen-bond donors (Lipinski definition) is 2. The van der Waals surface area contributed by atoms with Crippen molar-refractivity contribution in [3.05, 3.63) is 52.8 Å². The first-order valence-corrected chi connectivity index (χ1v) is 11.0. The lowest BCUT2D eigenvalue weighted by atomic mass is 10.0. The second-order valence-corrected chi connectivity index (χ2v) is 8.76. The van der Waals surface area contributed by atoms with Crippen LogP contribution in [0.3, 0.4) is 0 Å². The average molecular weight is 457 g/mol. The first-order chi connectivity index (χ1) is 15.4. The third-order valence-corrected chi connectivity index (χ3v) is 6.60. The summed E-state index contributed by atoms with van der Waals surface area (Å²) in [6.07, 6.45) is 1.73. The Bertz CT molecular complexity index is 1120. The van der Waals surface area contributed by atoms with Gasteiger partial charge in [-0.25, -0.2) is 4.39 Å². The van der Waals surface area contributed by atoms with Crippen LogP contribution < -0.4 is 10.6 Å². The molecule has 9 heteroatoms. The van der Waals surface area contributed by atoms with Crippen LogP contribution in [0.4, 0.5) is 10.1 Å². The van der Waals surface area contributed by atoms with Crippen LogP contribution >= 0.6 is 11.6 Å². The maximum Gasteiger partial charge on any atom is 0.256 e. The smallest absolute Gasteiger partial charge is 0.256 e. The molecule has 2 aromatic rings. The Kier molecular flexibility index (Phi) is 5.35. The highest BCUT2D eigenvalue weighted by Gasteiger charge is 2.41. The zero-order valence-corrected chi connectivity index (χ0v) is 18.0. The lowest BCUT2D eigenvalue weighted by Gasteiger charge is -2.40. The Hall–Kier alpha value is -2.97. The molecular formula is C23H22ClFN4O3. The number of carbonyl (C=O) groups is 3. The molecular weight excluding hydrogens is 435 g/mol. The fourth-order valence-corrected chi connectivity index (χ4v) is 4.82. The fraction of sp³-hybridized carbons (Fsp3) is 0.348. The number of fused-ring (bicyclic) bond motifs is 2. The van der Waals surface area contributed by atoms with Crippen molar-refractivity contribution in [2.45, 2.75) is 24.9 Å². The van der Waals surface area contributed by atoms with Crippen LogP contribution in [0.1, 0.15) is 23.2 Å². The molecule has 3 aliphatic heterocycles. The van der Waals surface area contributed by atoms with Crippen LogP contribution in [0.15, 0.2) is 36.4 Å². The van der Waals surface area contributed by atoms with Gasteiger partial charge in [-0.3, -0.25) is 14.4 Å². The fourth-order valence-electron chi connectivity index (χ4n) is 4.66. The molecule has 32 heavy (non-hydrogen) atoms. The van der Waals surface area contributed by atoms with E-state index in [0.29, 0.717) is 28.9 Å². The van der Waals surface area contributed by atoms with E-state index in [1.165, 1.54) is 11.0 Å². The van der Waals surface area contributed by atoms with E-state index < -0.39 is 11.9 Å². The van der Waals surface area contributed by atoms with Gasteiger partial charge in [0.25, 0.3) is 5.91 Å². The van der Waals surface area contributed by atoms with Crippen molar-refractivity contribution in [3.63, 3.8) is 0 Å². The van der Waals surface area contributed by atoms with Gasteiger partial charge < -0.3 is 20.4 Å². The van der Waals surface area contributed by atoms with Gasteiger partial charge in [-0.15, -0.1) is 0 Å². The van der Waals surface area contributed by atoms with Gasteiger partial charge in [-0.05, 0) is 55.3 Å². The topological polar surface area (TPSA) is 81.8 Å². The van der Waals surface area contributed by atoms with Gasteiger partial charge >= 0.3 is 0 Å². The molecule has 0 aromatic heterocycles. The molecule has 0 saturated carbocycles. The van der Waals surface area contributed by atoms with Crippen LogP contribution in [0.5, 0.6) is 0 Å². The van der Waals surface area contributed by atoms with Crippen LogP contribution in [-0.2, 0) is 9.59 Å². The van der Waals surface area contributed by atoms with E-state index in [0.717, 1.165) is 19.4 Å². The normalized spacial score (nSPS) is 22.8. The summed E-state index contributed by atoms with van der Waals surface area (Å²) in [5, 5.41) is 6.29. The molecule has 3 aliphatic rings. The summed E-state index contributed by atoms with van der Waals surface area (Å²) in [6.45, 7) is 1.59. The number of rotatable bonds is 2. The molecule has 0 bridgehead atoms. The largest absolute Gasteiger partial charge is 0.337 e. The van der Waals surface area contributed by atoms with E-state index in [9.17, 15) is 18.8 Å². The SMILES string of the molecule is O=C1Nc2ccc(-c3ccc(Cl)cc3F)cc2C(=O)N2CCN(C(=O)C3CCCN3)CC12. The third kappa shape index (κ3) is 3.63. The maximum absolute atomic E-state index is 14.4. The Morgan fingerprint density at radius 2 is 1.94 bits per heavy atom. The number of anilines is 1. The Balaban J connectivity index is 1.43. The number of hydrogen-bond acceptors (Lipinski definition) is 4. The molecule has 2 aromatic carbocycles. The first kappa shape index (κ1) is 20.9. The Labute approximate surface area is 189 Å². The number of amides is 3. The summed E-state index contributed by atoms with van der Waals surface area (Å²) in [5.74, 6) is -1.16. The minimum absolute atomic E-state index is 0.0235. The molecule has 5 rings (SSSR count). The van der Waals surface area contributed by atoms with Crippen molar-refractivity contribution in [1.29, 1.82) is 0 Å². The van der Waals surface area contributed by atoms with E-state index in [2.05, 4.69) is 10.6 Å². The van der Waals surface area contributed by atoms with E-state index >= 15 is 0 Å². The molecule has 2 fully saturated rings. The van der Waals surface area contributed by atoms with Crippen LogP contribution in [-0.4, -0.2) is 65.8 Å². The quantitative estimate of drug-likeness (QED) is 0.727. The summed E-state index contributed by atoms with van der Waals surface area (Å²) in [5.41, 5.74) is 1.50. The minimum atomic E-state index is -0.773. The van der Waals surface area contributed by atoms with Crippen molar-refractivity contribution in [2.75, 3.05) is 31.5 Å². The van der Waals surface area contributed by atoms with Gasteiger partial charge in [0.15, 0.2) is 0 Å². The third-order valence-electron chi connectivity index (χ3n) is 6.36. The van der Waals surface area contributed by atoms with E-state index in [1.54, 1.807) is 35.2 Å². The molecule has 2 N–H and O–H groups in total. The first-order valence-electron chi connectivity index (χ1n) is 10.7. The van der Waals surface area contributed by atoms with Gasteiger partial charge in [0.2, 0.25) is 11.8 Å². The van der Waals surface area contributed by atoms with Gasteiger partial charge in [0.05, 0.1) is 23.8 Å². The average Bonchev–Trinajstić information content (AvgIpc) is 3.30. The lowest BCUT2D eigenvalue weighted by Crippen LogP contribution is -2.61. The molecule has 7 nitrogen and oxygen atoms in total. The van der Waals surface area contributed by atoms with Gasteiger partial charge in [-0.1, -0.05) is 17.7 Å². The van der Waals surface area contributed by atoms with E-state index in [-0.39, 0.29) is 41.9 Å². The van der Waals surface area contributed by atoms with Gasteiger partial charge in [-0.2, -0.15) is 0 Å². The number of piperazine rings is 1. The summed E-state index contributed by atoms with van der Waals surface area (Å²) < 4.78 is 14.4. The van der Waals surface area contributed by atoms with Crippen LogP contribution in [0, 0.1) is 5.82 Å². The molecule has 2 atom stereocenters. The number of nitrogens with zero attached hydrogens (tertiary/aromatic N) is 2. The molecule has 166 valence electrons. The minimum Gasteiger partial charge on any atom is -0.337 e. The maximum atomic E-state index is 14.4. The van der Waals surface area contributed by atoms with Crippen molar-refractivity contribution >= 4 is 35.0 Å². The summed E-state index contributed by atoms with van der Waals surface area (Å²) in [7, 11) is 0. The van der Waals surface area contributed by atoms with E-state index in [4.69, 9.17) is 11.6 Å². The number of carbonyl (C=O) groups excluding carboxylic acids is 3. The zero-order valence-electron chi connectivity index (χ0n) is 17.2. The zero-order chi connectivity index (χ0) is 22.4. The molecule has 2 saturated heterocycles. The van der Waals surface area contributed by atoms with Crippen molar-refractivity contribution in [2.24, 2.45) is 0 Å². The second-order valence-electron chi connectivity index (χ2n) is 8.32. The second kappa shape index (κ2) is 8.18. The predicted molar refractivity (Wildman–Crippen MR) is 118 cm³/mol.